The smallest absolute Gasteiger partial charge is 0.246 e. The number of rotatable bonds is 7. The minimum Gasteiger partial charge on any atom is -0.379 e. The number of ether oxygens (including phenoxy) is 2. The molecular weight excluding hydrogens is 292 g/mol. The summed E-state index contributed by atoms with van der Waals surface area (Å²) in [5.41, 5.74) is 6.09. The molecule has 2 aliphatic rings. The van der Waals surface area contributed by atoms with Gasteiger partial charge in [-0.3, -0.25) is 4.79 Å². The zero-order valence-corrected chi connectivity index (χ0v) is 13.7. The van der Waals surface area contributed by atoms with E-state index in [2.05, 4.69) is 5.32 Å². The molecule has 0 radical (unpaired) electrons. The summed E-state index contributed by atoms with van der Waals surface area (Å²) in [6, 6.07) is 0.632. The zero-order valence-electron chi connectivity index (χ0n) is 12.9. The van der Waals surface area contributed by atoms with Gasteiger partial charge in [-0.2, -0.15) is 0 Å². The number of fused-ring (bicyclic) bond motifs is 2. The first kappa shape index (κ1) is 18.7. The minimum atomic E-state index is -0.00105. The fourth-order valence-corrected chi connectivity index (χ4v) is 3.68. The van der Waals surface area contributed by atoms with Crippen LogP contribution in [0.15, 0.2) is 0 Å². The van der Waals surface area contributed by atoms with Gasteiger partial charge in [-0.05, 0) is 44.4 Å². The lowest BCUT2D eigenvalue weighted by Gasteiger charge is -2.45. The second-order valence-electron chi connectivity index (χ2n) is 6.03. The molecule has 5 nitrogen and oxygen atoms in total. The van der Waals surface area contributed by atoms with E-state index in [1.807, 2.05) is 6.92 Å². The van der Waals surface area contributed by atoms with E-state index in [0.29, 0.717) is 43.7 Å². The Bertz CT molecular complexity index is 303. The van der Waals surface area contributed by atoms with Crippen molar-refractivity contribution in [1.82, 2.24) is 5.32 Å². The van der Waals surface area contributed by atoms with Crippen molar-refractivity contribution in [2.45, 2.75) is 51.1 Å². The van der Waals surface area contributed by atoms with Gasteiger partial charge in [0.2, 0.25) is 5.91 Å². The molecule has 2 rings (SSSR count). The van der Waals surface area contributed by atoms with E-state index < -0.39 is 0 Å². The van der Waals surface area contributed by atoms with Crippen LogP contribution in [0.25, 0.3) is 0 Å². The Morgan fingerprint density at radius 3 is 2.43 bits per heavy atom. The maximum Gasteiger partial charge on any atom is 0.246 e. The summed E-state index contributed by atoms with van der Waals surface area (Å²) in [6.07, 6.45) is 5.76. The molecule has 0 aromatic heterocycles. The topological polar surface area (TPSA) is 73.6 Å². The molecule has 0 aromatic rings. The predicted octanol–water partition coefficient (Wildman–Crippen LogP) is 1.48. The molecule has 3 N–H and O–H groups in total. The monoisotopic (exact) mass is 320 g/mol. The lowest BCUT2D eigenvalue weighted by atomic mass is 9.67. The van der Waals surface area contributed by atoms with Crippen molar-refractivity contribution in [3.05, 3.63) is 0 Å². The van der Waals surface area contributed by atoms with E-state index in [4.69, 9.17) is 15.2 Å². The van der Waals surface area contributed by atoms with Crippen molar-refractivity contribution in [2.75, 3.05) is 26.4 Å². The van der Waals surface area contributed by atoms with Crippen LogP contribution in [0.1, 0.15) is 39.0 Å². The molecule has 0 saturated heterocycles. The van der Waals surface area contributed by atoms with Gasteiger partial charge in [-0.1, -0.05) is 6.42 Å². The highest BCUT2D eigenvalue weighted by atomic mass is 35.5. The number of halogens is 1. The van der Waals surface area contributed by atoms with Gasteiger partial charge in [0.15, 0.2) is 0 Å². The van der Waals surface area contributed by atoms with E-state index >= 15 is 0 Å². The van der Waals surface area contributed by atoms with Crippen LogP contribution in [0.5, 0.6) is 0 Å². The van der Waals surface area contributed by atoms with Gasteiger partial charge in [0.1, 0.15) is 6.61 Å². The van der Waals surface area contributed by atoms with Crippen molar-refractivity contribution < 1.29 is 14.3 Å². The number of amides is 1. The van der Waals surface area contributed by atoms with E-state index in [9.17, 15) is 4.79 Å². The molecule has 2 bridgehead atoms. The highest BCUT2D eigenvalue weighted by Gasteiger charge is 2.39. The molecule has 2 atom stereocenters. The minimum absolute atomic E-state index is 0. The maximum atomic E-state index is 11.9. The number of carbonyl (C=O) groups excluding carboxylic acids is 1. The van der Waals surface area contributed by atoms with Crippen molar-refractivity contribution in [3.63, 3.8) is 0 Å². The quantitative estimate of drug-likeness (QED) is 0.697. The third-order valence-corrected chi connectivity index (χ3v) is 4.51. The van der Waals surface area contributed by atoms with E-state index in [1.165, 1.54) is 19.3 Å². The highest BCUT2D eigenvalue weighted by Crippen LogP contribution is 2.39. The van der Waals surface area contributed by atoms with Crippen LogP contribution < -0.4 is 11.1 Å². The predicted molar refractivity (Wildman–Crippen MR) is 84.5 cm³/mol. The first-order valence-corrected chi connectivity index (χ1v) is 7.91. The Balaban J connectivity index is 0.00000220. The standard InChI is InChI=1S/C15H28N2O3.ClH/c1-2-19-6-7-20-10-14(18)17-15-11-4-3-5-12(15)9-13(16)8-11;/h11-13,15H,2-10,16H2,1H3,(H,17,18);1H. The van der Waals surface area contributed by atoms with E-state index in [0.717, 1.165) is 12.8 Å². The van der Waals surface area contributed by atoms with E-state index in [-0.39, 0.29) is 24.9 Å². The SMILES string of the molecule is CCOCCOCC(=O)NC1C2CCCC1CC(N)C2.Cl. The number of carbonyl (C=O) groups is 1. The molecule has 0 aliphatic heterocycles. The van der Waals surface area contributed by atoms with Crippen LogP contribution in [0.2, 0.25) is 0 Å². The van der Waals surface area contributed by atoms with Gasteiger partial charge < -0.3 is 20.5 Å². The molecule has 2 unspecified atom stereocenters. The van der Waals surface area contributed by atoms with Gasteiger partial charge in [-0.25, -0.2) is 0 Å². The molecule has 1 amide bonds. The van der Waals surface area contributed by atoms with Crippen molar-refractivity contribution in [3.8, 4) is 0 Å². The average molecular weight is 321 g/mol. The second kappa shape index (κ2) is 9.62. The van der Waals surface area contributed by atoms with Crippen LogP contribution >= 0.6 is 12.4 Å². The molecule has 124 valence electrons. The van der Waals surface area contributed by atoms with Crippen molar-refractivity contribution >= 4 is 18.3 Å². The number of nitrogens with two attached hydrogens (primary N) is 1. The van der Waals surface area contributed by atoms with E-state index in [1.54, 1.807) is 0 Å². The van der Waals surface area contributed by atoms with Gasteiger partial charge in [-0.15, -0.1) is 12.4 Å². The van der Waals surface area contributed by atoms with Crippen LogP contribution in [0.3, 0.4) is 0 Å². The van der Waals surface area contributed by atoms with Gasteiger partial charge in [0, 0.05) is 18.7 Å². The Morgan fingerprint density at radius 1 is 1.19 bits per heavy atom. The largest absolute Gasteiger partial charge is 0.379 e. The van der Waals surface area contributed by atoms with Gasteiger partial charge in [0.05, 0.1) is 13.2 Å². The van der Waals surface area contributed by atoms with Crippen molar-refractivity contribution in [2.24, 2.45) is 17.6 Å². The summed E-state index contributed by atoms with van der Waals surface area (Å²) < 4.78 is 10.5. The molecule has 0 heterocycles. The molecule has 21 heavy (non-hydrogen) atoms. The first-order valence-electron chi connectivity index (χ1n) is 7.91. The summed E-state index contributed by atoms with van der Waals surface area (Å²) in [5.74, 6) is 1.12. The summed E-state index contributed by atoms with van der Waals surface area (Å²) in [5, 5.41) is 3.17. The number of nitrogens with one attached hydrogen (secondary N) is 1. The van der Waals surface area contributed by atoms with Crippen LogP contribution in [-0.4, -0.2) is 44.4 Å². The summed E-state index contributed by atoms with van der Waals surface area (Å²) in [4.78, 5) is 11.9. The van der Waals surface area contributed by atoms with Gasteiger partial charge in [0.25, 0.3) is 0 Å². The summed E-state index contributed by atoms with van der Waals surface area (Å²) in [7, 11) is 0. The lowest BCUT2D eigenvalue weighted by molar-refractivity contribution is -0.128. The number of hydrogen-bond acceptors (Lipinski definition) is 4. The Hall–Kier alpha value is -0.360. The molecule has 6 heteroatoms. The second-order valence-corrected chi connectivity index (χ2v) is 6.03. The van der Waals surface area contributed by atoms with Crippen LogP contribution in [-0.2, 0) is 14.3 Å². The fraction of sp³-hybridized carbons (Fsp3) is 0.933. The molecule has 2 fully saturated rings. The molecule has 0 spiro atoms. The third kappa shape index (κ3) is 5.74. The van der Waals surface area contributed by atoms with Crippen molar-refractivity contribution in [1.29, 1.82) is 0 Å². The lowest BCUT2D eigenvalue weighted by Crippen LogP contribution is -2.54. The Labute approximate surface area is 133 Å². The normalized spacial score (nSPS) is 31.3. The van der Waals surface area contributed by atoms with Crippen LogP contribution in [0.4, 0.5) is 0 Å². The maximum absolute atomic E-state index is 11.9. The molecular formula is C15H29ClN2O3. The zero-order chi connectivity index (χ0) is 14.4. The molecule has 2 aliphatic carbocycles. The number of hydrogen-bond donors (Lipinski definition) is 2. The highest BCUT2D eigenvalue weighted by molar-refractivity contribution is 5.85. The third-order valence-electron chi connectivity index (χ3n) is 4.51. The summed E-state index contributed by atoms with van der Waals surface area (Å²) in [6.45, 7) is 3.78. The summed E-state index contributed by atoms with van der Waals surface area (Å²) >= 11 is 0. The fourth-order valence-electron chi connectivity index (χ4n) is 3.68. The first-order chi connectivity index (χ1) is 9.70. The van der Waals surface area contributed by atoms with Gasteiger partial charge >= 0.3 is 0 Å². The average Bonchev–Trinajstić information content (AvgIpc) is 2.39. The Morgan fingerprint density at radius 2 is 1.81 bits per heavy atom. The Kier molecular flexibility index (Phi) is 8.56. The molecule has 0 aromatic carbocycles. The molecule has 2 saturated carbocycles. The van der Waals surface area contributed by atoms with Crippen LogP contribution in [0, 0.1) is 11.8 Å².